The first kappa shape index (κ1) is 12.7. The highest BCUT2D eigenvalue weighted by atomic mass is 32.1. The summed E-state index contributed by atoms with van der Waals surface area (Å²) in [5.41, 5.74) is 2.45. The number of rotatable bonds is 2. The van der Waals surface area contributed by atoms with Crippen LogP contribution >= 0.6 is 11.3 Å². The summed E-state index contributed by atoms with van der Waals surface area (Å²) in [6.45, 7) is 0. The van der Waals surface area contributed by atoms with Gasteiger partial charge in [-0.3, -0.25) is 14.5 Å². The molecule has 108 valence electrons. The van der Waals surface area contributed by atoms with Gasteiger partial charge in [-0.2, -0.15) is 0 Å². The molecule has 0 spiro atoms. The van der Waals surface area contributed by atoms with Crippen LogP contribution < -0.4 is 0 Å². The summed E-state index contributed by atoms with van der Waals surface area (Å²) in [6, 6.07) is 9.58. The zero-order valence-electron chi connectivity index (χ0n) is 11.0. The summed E-state index contributed by atoms with van der Waals surface area (Å²) in [5, 5.41) is 20.1. The number of non-ortho nitro benzene ring substituents is 1. The van der Waals surface area contributed by atoms with Gasteiger partial charge in [-0.1, -0.05) is 11.3 Å². The van der Waals surface area contributed by atoms with Gasteiger partial charge in [-0.05, 0) is 18.2 Å². The van der Waals surface area contributed by atoms with Crippen molar-refractivity contribution in [3.05, 3.63) is 52.7 Å². The van der Waals surface area contributed by atoms with E-state index in [2.05, 4.69) is 9.97 Å². The van der Waals surface area contributed by atoms with Gasteiger partial charge in [0.15, 0.2) is 4.96 Å². The zero-order chi connectivity index (χ0) is 15.3. The Bertz CT molecular complexity index is 1020. The van der Waals surface area contributed by atoms with Gasteiger partial charge in [-0.15, -0.1) is 0 Å². The van der Waals surface area contributed by atoms with Gasteiger partial charge in [0.05, 0.1) is 16.1 Å². The molecular formula is C14H8N4O3S. The van der Waals surface area contributed by atoms with Gasteiger partial charge in [-0.25, -0.2) is 9.97 Å². The highest BCUT2D eigenvalue weighted by Crippen LogP contribution is 2.29. The molecule has 0 aliphatic heterocycles. The molecule has 3 aromatic heterocycles. The predicted molar refractivity (Wildman–Crippen MR) is 82.1 cm³/mol. The summed E-state index contributed by atoms with van der Waals surface area (Å²) in [6.07, 6.45) is 1.86. The minimum atomic E-state index is -0.429. The second-order valence-corrected chi connectivity index (χ2v) is 5.63. The second kappa shape index (κ2) is 4.50. The Morgan fingerprint density at radius 1 is 1.14 bits per heavy atom. The molecule has 0 aliphatic carbocycles. The van der Waals surface area contributed by atoms with Crippen molar-refractivity contribution in [2.75, 3.05) is 0 Å². The third kappa shape index (κ3) is 1.89. The van der Waals surface area contributed by atoms with E-state index < -0.39 is 4.92 Å². The number of nitro benzene ring substituents is 1. The van der Waals surface area contributed by atoms with Crippen LogP contribution in [0.3, 0.4) is 0 Å². The summed E-state index contributed by atoms with van der Waals surface area (Å²) in [7, 11) is 0. The summed E-state index contributed by atoms with van der Waals surface area (Å²) in [5.74, 6) is -0.0207. The van der Waals surface area contributed by atoms with E-state index in [-0.39, 0.29) is 11.6 Å². The third-order valence-corrected chi connectivity index (χ3v) is 4.28. The molecule has 0 saturated carbocycles. The minimum Gasteiger partial charge on any atom is -0.493 e. The van der Waals surface area contributed by atoms with Crippen LogP contribution in [0.25, 0.3) is 26.6 Å². The van der Waals surface area contributed by atoms with E-state index in [9.17, 15) is 15.2 Å². The SMILES string of the molecule is O=[N+]([O-])c1ccc(-c2cn3c(n2)sc2nc(O)ccc23)cc1. The molecule has 0 bridgehead atoms. The Kier molecular flexibility index (Phi) is 2.60. The average Bonchev–Trinajstić information content (AvgIpc) is 3.04. The fraction of sp³-hybridized carbons (Fsp3) is 0. The second-order valence-electron chi connectivity index (χ2n) is 4.68. The molecular weight excluding hydrogens is 304 g/mol. The molecule has 4 aromatic rings. The van der Waals surface area contributed by atoms with Crippen molar-refractivity contribution in [2.24, 2.45) is 0 Å². The number of pyridine rings is 1. The Morgan fingerprint density at radius 2 is 1.91 bits per heavy atom. The van der Waals surface area contributed by atoms with E-state index in [1.165, 1.54) is 29.5 Å². The topological polar surface area (TPSA) is 93.6 Å². The van der Waals surface area contributed by atoms with Crippen LogP contribution in [0.4, 0.5) is 5.69 Å². The number of nitro groups is 1. The van der Waals surface area contributed by atoms with E-state index in [1.807, 2.05) is 10.6 Å². The predicted octanol–water partition coefficient (Wildman–Crippen LogP) is 3.22. The summed E-state index contributed by atoms with van der Waals surface area (Å²) < 4.78 is 1.89. The van der Waals surface area contributed by atoms with Gasteiger partial charge in [0, 0.05) is 30.0 Å². The van der Waals surface area contributed by atoms with E-state index in [4.69, 9.17) is 0 Å². The van der Waals surface area contributed by atoms with Gasteiger partial charge >= 0.3 is 0 Å². The Labute approximate surface area is 127 Å². The lowest BCUT2D eigenvalue weighted by molar-refractivity contribution is -0.384. The number of benzene rings is 1. The fourth-order valence-electron chi connectivity index (χ4n) is 2.27. The van der Waals surface area contributed by atoms with Crippen LogP contribution in [0.15, 0.2) is 42.6 Å². The maximum absolute atomic E-state index is 10.7. The van der Waals surface area contributed by atoms with Crippen molar-refractivity contribution in [3.8, 4) is 17.1 Å². The Balaban J connectivity index is 1.84. The first-order chi connectivity index (χ1) is 10.6. The van der Waals surface area contributed by atoms with Crippen LogP contribution in [0.2, 0.25) is 0 Å². The number of thiazole rings is 1. The molecule has 0 aliphatic rings. The number of hydrogen-bond acceptors (Lipinski definition) is 6. The maximum Gasteiger partial charge on any atom is 0.269 e. The normalized spacial score (nSPS) is 11.3. The molecule has 0 atom stereocenters. The maximum atomic E-state index is 10.7. The average molecular weight is 312 g/mol. The number of aromatic hydroxyl groups is 1. The van der Waals surface area contributed by atoms with Gasteiger partial charge in [0.2, 0.25) is 5.88 Å². The van der Waals surface area contributed by atoms with Gasteiger partial charge in [0.25, 0.3) is 5.69 Å². The highest BCUT2D eigenvalue weighted by Gasteiger charge is 2.12. The number of imidazole rings is 1. The third-order valence-electron chi connectivity index (χ3n) is 3.32. The fourth-order valence-corrected chi connectivity index (χ4v) is 3.25. The van der Waals surface area contributed by atoms with E-state index in [0.717, 1.165) is 21.7 Å². The van der Waals surface area contributed by atoms with Crippen molar-refractivity contribution in [3.63, 3.8) is 0 Å². The standard InChI is InChI=1S/C14H8N4O3S/c19-12-6-5-11-13(16-12)22-14-15-10(7-17(11)14)8-1-3-9(4-2-8)18(20)21/h1-7H,(H,16,19). The molecule has 0 unspecified atom stereocenters. The van der Waals surface area contributed by atoms with Crippen molar-refractivity contribution in [1.82, 2.24) is 14.4 Å². The number of nitrogens with zero attached hydrogens (tertiary/aromatic N) is 4. The Hall–Kier alpha value is -3.00. The molecule has 0 fully saturated rings. The van der Waals surface area contributed by atoms with Crippen molar-refractivity contribution in [2.45, 2.75) is 0 Å². The van der Waals surface area contributed by atoms with Gasteiger partial charge < -0.3 is 5.11 Å². The van der Waals surface area contributed by atoms with E-state index >= 15 is 0 Å². The quantitative estimate of drug-likeness (QED) is 0.453. The molecule has 1 aromatic carbocycles. The minimum absolute atomic E-state index is 0.0207. The van der Waals surface area contributed by atoms with Crippen LogP contribution in [0.5, 0.6) is 5.88 Å². The lowest BCUT2D eigenvalue weighted by atomic mass is 10.1. The van der Waals surface area contributed by atoms with Crippen molar-refractivity contribution >= 4 is 32.3 Å². The van der Waals surface area contributed by atoms with Crippen molar-refractivity contribution in [1.29, 1.82) is 0 Å². The van der Waals surface area contributed by atoms with Crippen LogP contribution in [0.1, 0.15) is 0 Å². The van der Waals surface area contributed by atoms with Crippen LogP contribution in [-0.2, 0) is 0 Å². The smallest absolute Gasteiger partial charge is 0.269 e. The molecule has 4 rings (SSSR count). The molecule has 0 amide bonds. The van der Waals surface area contributed by atoms with Gasteiger partial charge in [0.1, 0.15) is 4.83 Å². The summed E-state index contributed by atoms with van der Waals surface area (Å²) in [4.78, 5) is 20.3. The molecule has 8 heteroatoms. The largest absolute Gasteiger partial charge is 0.493 e. The lowest BCUT2D eigenvalue weighted by Gasteiger charge is -1.96. The van der Waals surface area contributed by atoms with E-state index in [0.29, 0.717) is 4.83 Å². The highest BCUT2D eigenvalue weighted by molar-refractivity contribution is 7.23. The first-order valence-corrected chi connectivity index (χ1v) is 7.16. The zero-order valence-corrected chi connectivity index (χ0v) is 11.8. The molecule has 0 radical (unpaired) electrons. The van der Waals surface area contributed by atoms with Crippen LogP contribution in [0, 0.1) is 10.1 Å². The number of aromatic nitrogens is 3. The number of fused-ring (bicyclic) bond motifs is 3. The molecule has 1 N–H and O–H groups in total. The lowest BCUT2D eigenvalue weighted by Crippen LogP contribution is -1.87. The molecule has 7 nitrogen and oxygen atoms in total. The molecule has 3 heterocycles. The van der Waals surface area contributed by atoms with Crippen molar-refractivity contribution < 1.29 is 10.0 Å². The first-order valence-electron chi connectivity index (χ1n) is 6.34. The number of hydrogen-bond donors (Lipinski definition) is 1. The molecule has 22 heavy (non-hydrogen) atoms. The van der Waals surface area contributed by atoms with E-state index in [1.54, 1.807) is 18.2 Å². The van der Waals surface area contributed by atoms with Crippen LogP contribution in [-0.4, -0.2) is 24.4 Å². The molecule has 0 saturated heterocycles. The Morgan fingerprint density at radius 3 is 2.64 bits per heavy atom. The summed E-state index contributed by atoms with van der Waals surface area (Å²) >= 11 is 1.37. The monoisotopic (exact) mass is 312 g/mol.